The third-order valence-electron chi connectivity index (χ3n) is 7.37. The van der Waals surface area contributed by atoms with Crippen LogP contribution in [0.4, 0.5) is 4.79 Å². The SMILES string of the molecule is O=C(OCc1ccccc1)N1C[C@@H]2C[C@H]1C[C@H]2OCc1c(-c2c(Cl)cccc2Cl)cnn1C1CC1. The van der Waals surface area contributed by atoms with E-state index in [4.69, 9.17) is 32.7 Å². The molecule has 0 spiro atoms. The Balaban J connectivity index is 1.11. The quantitative estimate of drug-likeness (QED) is 0.362. The third kappa shape index (κ3) is 4.55. The minimum Gasteiger partial charge on any atom is -0.445 e. The van der Waals surface area contributed by atoms with Crippen molar-refractivity contribution in [1.29, 1.82) is 0 Å². The number of benzene rings is 2. The minimum atomic E-state index is -0.234. The first-order chi connectivity index (χ1) is 17.1. The molecule has 6 rings (SSSR count). The molecule has 3 atom stereocenters. The average molecular weight is 512 g/mol. The van der Waals surface area contributed by atoms with Gasteiger partial charge in [-0.1, -0.05) is 59.6 Å². The van der Waals surface area contributed by atoms with Crippen LogP contribution in [0.3, 0.4) is 0 Å². The normalized spacial score (nSPS) is 23.1. The molecule has 2 bridgehead atoms. The van der Waals surface area contributed by atoms with Crippen LogP contribution in [0.15, 0.2) is 54.7 Å². The maximum Gasteiger partial charge on any atom is 0.410 e. The lowest BCUT2D eigenvalue weighted by molar-refractivity contribution is -0.0133. The smallest absolute Gasteiger partial charge is 0.410 e. The first kappa shape index (κ1) is 22.9. The van der Waals surface area contributed by atoms with Gasteiger partial charge in [0.15, 0.2) is 0 Å². The summed E-state index contributed by atoms with van der Waals surface area (Å²) in [6.07, 6.45) is 5.76. The summed E-state index contributed by atoms with van der Waals surface area (Å²) in [7, 11) is 0. The Kier molecular flexibility index (Phi) is 6.21. The molecule has 6 nitrogen and oxygen atoms in total. The van der Waals surface area contributed by atoms with Crippen LogP contribution in [0.25, 0.3) is 11.1 Å². The van der Waals surface area contributed by atoms with E-state index in [9.17, 15) is 4.79 Å². The summed E-state index contributed by atoms with van der Waals surface area (Å²) >= 11 is 13.0. The molecule has 3 aromatic rings. The monoisotopic (exact) mass is 511 g/mol. The van der Waals surface area contributed by atoms with Gasteiger partial charge < -0.3 is 14.4 Å². The predicted molar refractivity (Wildman–Crippen MR) is 134 cm³/mol. The number of carbonyl (C=O) groups excluding carboxylic acids is 1. The second-order valence-corrected chi connectivity index (χ2v) is 10.5. The molecule has 1 amide bonds. The summed E-state index contributed by atoms with van der Waals surface area (Å²) < 4.78 is 14.1. The molecule has 2 aromatic carbocycles. The molecule has 1 aromatic heterocycles. The maximum atomic E-state index is 12.7. The zero-order valence-electron chi connectivity index (χ0n) is 19.3. The maximum absolute atomic E-state index is 12.7. The number of hydrogen-bond acceptors (Lipinski definition) is 4. The van der Waals surface area contributed by atoms with Crippen molar-refractivity contribution in [3.8, 4) is 11.1 Å². The number of nitrogens with zero attached hydrogens (tertiary/aromatic N) is 3. The zero-order valence-corrected chi connectivity index (χ0v) is 20.8. The number of halogens is 2. The van der Waals surface area contributed by atoms with Crippen molar-refractivity contribution in [3.63, 3.8) is 0 Å². The lowest BCUT2D eigenvalue weighted by Gasteiger charge is -2.31. The van der Waals surface area contributed by atoms with Crippen molar-refractivity contribution in [2.45, 2.75) is 57.1 Å². The lowest BCUT2D eigenvalue weighted by atomic mass is 10.0. The Morgan fingerprint density at radius 2 is 1.74 bits per heavy atom. The van der Waals surface area contributed by atoms with Gasteiger partial charge in [0.2, 0.25) is 0 Å². The molecule has 35 heavy (non-hydrogen) atoms. The molecular weight excluding hydrogens is 485 g/mol. The van der Waals surface area contributed by atoms with Crippen LogP contribution in [0, 0.1) is 5.92 Å². The van der Waals surface area contributed by atoms with E-state index in [1.807, 2.05) is 59.6 Å². The highest BCUT2D eigenvalue weighted by Crippen LogP contribution is 2.43. The fourth-order valence-corrected chi connectivity index (χ4v) is 6.05. The van der Waals surface area contributed by atoms with Crippen LogP contribution in [0.5, 0.6) is 0 Å². The molecule has 0 N–H and O–H groups in total. The van der Waals surface area contributed by atoms with Gasteiger partial charge in [-0.05, 0) is 43.4 Å². The van der Waals surface area contributed by atoms with Crippen LogP contribution < -0.4 is 0 Å². The van der Waals surface area contributed by atoms with Gasteiger partial charge in [-0.15, -0.1) is 0 Å². The van der Waals surface area contributed by atoms with Gasteiger partial charge in [-0.2, -0.15) is 5.10 Å². The number of piperidine rings is 1. The second kappa shape index (κ2) is 9.49. The van der Waals surface area contributed by atoms with E-state index < -0.39 is 0 Å². The predicted octanol–water partition coefficient (Wildman–Crippen LogP) is 6.51. The molecule has 0 radical (unpaired) electrons. The summed E-state index contributed by atoms with van der Waals surface area (Å²) in [6, 6.07) is 15.9. The van der Waals surface area contributed by atoms with Crippen molar-refractivity contribution in [3.05, 3.63) is 76.0 Å². The number of carbonyl (C=O) groups is 1. The molecular formula is C27H27Cl2N3O3. The van der Waals surface area contributed by atoms with Gasteiger partial charge in [0.25, 0.3) is 0 Å². The average Bonchev–Trinajstić information content (AvgIpc) is 3.31. The highest BCUT2D eigenvalue weighted by Gasteiger charge is 2.48. The van der Waals surface area contributed by atoms with Gasteiger partial charge in [0.05, 0.1) is 40.7 Å². The lowest BCUT2D eigenvalue weighted by Crippen LogP contribution is -2.42. The summed E-state index contributed by atoms with van der Waals surface area (Å²) in [4.78, 5) is 14.5. The summed E-state index contributed by atoms with van der Waals surface area (Å²) in [5.74, 6) is 0.314. The summed E-state index contributed by atoms with van der Waals surface area (Å²) in [5, 5.41) is 5.88. The molecule has 3 aliphatic rings. The van der Waals surface area contributed by atoms with E-state index in [0.29, 0.717) is 41.8 Å². The molecule has 2 heterocycles. The number of fused-ring (bicyclic) bond motifs is 2. The standard InChI is InChI=1S/C27H27Cl2N3O3/c28-22-7-4-8-23(29)26(22)21-13-30-32(19-9-10-19)24(21)16-34-25-12-20-11-18(25)14-31(20)27(33)35-15-17-5-2-1-3-6-17/h1-8,13,18-20,25H,9-12,14-16H2/t18-,20-,25+/m0/s1. The first-order valence-corrected chi connectivity index (χ1v) is 12.9. The van der Waals surface area contributed by atoms with Gasteiger partial charge in [0, 0.05) is 29.6 Å². The minimum absolute atomic E-state index is 0.107. The third-order valence-corrected chi connectivity index (χ3v) is 8.00. The molecule has 1 aliphatic heterocycles. The molecule has 2 saturated carbocycles. The topological polar surface area (TPSA) is 56.6 Å². The van der Waals surface area contributed by atoms with Gasteiger partial charge in [-0.25, -0.2) is 4.79 Å². The number of rotatable bonds is 7. The zero-order chi connectivity index (χ0) is 23.9. The number of aromatic nitrogens is 2. The largest absolute Gasteiger partial charge is 0.445 e. The van der Waals surface area contributed by atoms with Gasteiger partial charge in [0.1, 0.15) is 6.61 Å². The van der Waals surface area contributed by atoms with E-state index >= 15 is 0 Å². The Labute approximate surface area is 214 Å². The van der Waals surface area contributed by atoms with Crippen molar-refractivity contribution < 1.29 is 14.3 Å². The Bertz CT molecular complexity index is 1210. The van der Waals surface area contributed by atoms with Crippen LogP contribution in [-0.2, 0) is 22.7 Å². The van der Waals surface area contributed by atoms with E-state index in [0.717, 1.165) is 48.1 Å². The summed E-state index contributed by atoms with van der Waals surface area (Å²) in [5.41, 5.74) is 3.75. The van der Waals surface area contributed by atoms with E-state index in [2.05, 4.69) is 9.78 Å². The number of likely N-dealkylation sites (tertiary alicyclic amines) is 1. The Morgan fingerprint density at radius 1 is 0.971 bits per heavy atom. The van der Waals surface area contributed by atoms with Crippen LogP contribution in [-0.4, -0.2) is 39.5 Å². The van der Waals surface area contributed by atoms with Crippen LogP contribution >= 0.6 is 23.2 Å². The number of ether oxygens (including phenoxy) is 2. The van der Waals surface area contributed by atoms with Gasteiger partial charge in [-0.3, -0.25) is 4.68 Å². The first-order valence-electron chi connectivity index (χ1n) is 12.2. The van der Waals surface area contributed by atoms with Crippen molar-refractivity contribution in [1.82, 2.24) is 14.7 Å². The van der Waals surface area contributed by atoms with Crippen molar-refractivity contribution >= 4 is 29.3 Å². The number of amides is 1. The Morgan fingerprint density at radius 3 is 2.43 bits per heavy atom. The van der Waals surface area contributed by atoms with E-state index in [1.54, 1.807) is 0 Å². The molecule has 2 aliphatic carbocycles. The molecule has 0 unspecified atom stereocenters. The highest BCUT2D eigenvalue weighted by atomic mass is 35.5. The van der Waals surface area contributed by atoms with Crippen LogP contribution in [0.1, 0.15) is 43.0 Å². The van der Waals surface area contributed by atoms with Crippen LogP contribution in [0.2, 0.25) is 10.0 Å². The van der Waals surface area contributed by atoms with Crippen molar-refractivity contribution in [2.75, 3.05) is 6.54 Å². The fraction of sp³-hybridized carbons (Fsp3) is 0.407. The fourth-order valence-electron chi connectivity index (χ4n) is 5.45. The van der Waals surface area contributed by atoms with E-state index in [-0.39, 0.29) is 18.2 Å². The number of hydrogen-bond donors (Lipinski definition) is 0. The molecule has 8 heteroatoms. The molecule has 182 valence electrons. The Hall–Kier alpha value is -2.54. The highest BCUT2D eigenvalue weighted by molar-refractivity contribution is 6.39. The van der Waals surface area contributed by atoms with Crippen molar-refractivity contribution in [2.24, 2.45) is 5.92 Å². The molecule has 1 saturated heterocycles. The van der Waals surface area contributed by atoms with Gasteiger partial charge >= 0.3 is 6.09 Å². The van der Waals surface area contributed by atoms with E-state index in [1.165, 1.54) is 0 Å². The second-order valence-electron chi connectivity index (χ2n) is 9.70. The molecule has 3 fully saturated rings. The summed E-state index contributed by atoms with van der Waals surface area (Å²) in [6.45, 7) is 1.42.